The molecule has 0 saturated heterocycles. The first-order chi connectivity index (χ1) is 6.81. The van der Waals surface area contributed by atoms with Gasteiger partial charge in [0.15, 0.2) is 0 Å². The van der Waals surface area contributed by atoms with E-state index in [9.17, 15) is 5.11 Å². The van der Waals surface area contributed by atoms with E-state index in [2.05, 4.69) is 21.1 Å². The van der Waals surface area contributed by atoms with Crippen LogP contribution in [0.15, 0.2) is 34.9 Å². The maximum Gasteiger partial charge on any atom is 0.147 e. The molecule has 0 bridgehead atoms. The summed E-state index contributed by atoms with van der Waals surface area (Å²) in [6.07, 6.45) is 0. The monoisotopic (exact) mass is 253 g/mol. The van der Waals surface area contributed by atoms with Gasteiger partial charge in [0.2, 0.25) is 0 Å². The number of aromatic hydroxyl groups is 1. The smallest absolute Gasteiger partial charge is 0.147 e. The molecule has 0 aliphatic carbocycles. The second-order valence-electron chi connectivity index (χ2n) is 2.83. The minimum absolute atomic E-state index is 0.210. The molecular weight excluding hydrogens is 246 g/mol. The minimum atomic E-state index is 0.210. The van der Waals surface area contributed by atoms with Gasteiger partial charge >= 0.3 is 0 Å². The fourth-order valence-electron chi connectivity index (χ4n) is 1.19. The second kappa shape index (κ2) is 3.84. The Balaban J connectivity index is 2.44. The lowest BCUT2D eigenvalue weighted by molar-refractivity contribution is 0.397. The van der Waals surface area contributed by atoms with Crippen molar-refractivity contribution in [1.29, 1.82) is 0 Å². The Morgan fingerprint density at radius 2 is 2.14 bits per heavy atom. The first-order valence-corrected chi connectivity index (χ1v) is 5.23. The molecule has 0 atom stereocenters. The van der Waals surface area contributed by atoms with Gasteiger partial charge in [-0.2, -0.15) is 0 Å². The number of phenols is 1. The van der Waals surface area contributed by atoms with Gasteiger partial charge in [-0.15, -0.1) is 0 Å². The van der Waals surface area contributed by atoms with Crippen LogP contribution in [0.3, 0.4) is 0 Å². The molecule has 0 aliphatic rings. The Labute approximate surface area is 89.5 Å². The number of rotatable bonds is 2. The third-order valence-electron chi connectivity index (χ3n) is 1.87. The quantitative estimate of drug-likeness (QED) is 0.838. The summed E-state index contributed by atoms with van der Waals surface area (Å²) in [5, 5.41) is 14.0. The molecule has 0 spiro atoms. The van der Waals surface area contributed by atoms with E-state index >= 15 is 0 Å². The normalized spacial score (nSPS) is 10.4. The third kappa shape index (κ3) is 1.65. The Morgan fingerprint density at radius 1 is 1.36 bits per heavy atom. The van der Waals surface area contributed by atoms with Gasteiger partial charge in [0.1, 0.15) is 17.2 Å². The summed E-state index contributed by atoms with van der Waals surface area (Å²) in [7, 11) is 0. The summed E-state index contributed by atoms with van der Waals surface area (Å²) < 4.78 is 5.02. The molecule has 2 rings (SSSR count). The maximum absolute atomic E-state index is 9.55. The average Bonchev–Trinajstić information content (AvgIpc) is 2.67. The topological polar surface area (TPSA) is 46.3 Å². The molecule has 1 aromatic heterocycles. The number of aromatic nitrogens is 1. The van der Waals surface area contributed by atoms with Gasteiger partial charge < -0.3 is 9.63 Å². The van der Waals surface area contributed by atoms with Crippen molar-refractivity contribution in [3.63, 3.8) is 0 Å². The van der Waals surface area contributed by atoms with Crippen LogP contribution in [0.1, 0.15) is 5.76 Å². The molecule has 4 heteroatoms. The molecule has 0 fully saturated rings. The van der Waals surface area contributed by atoms with Gasteiger partial charge in [0, 0.05) is 11.6 Å². The summed E-state index contributed by atoms with van der Waals surface area (Å²) in [6, 6.07) is 8.83. The van der Waals surface area contributed by atoms with E-state index < -0.39 is 0 Å². The van der Waals surface area contributed by atoms with Gasteiger partial charge in [-0.3, -0.25) is 0 Å². The molecule has 0 aliphatic heterocycles. The van der Waals surface area contributed by atoms with Crippen LogP contribution < -0.4 is 0 Å². The minimum Gasteiger partial charge on any atom is -0.507 e. The van der Waals surface area contributed by atoms with Crippen molar-refractivity contribution in [2.45, 2.75) is 5.33 Å². The number of para-hydroxylation sites is 1. The van der Waals surface area contributed by atoms with Crippen LogP contribution in [0.25, 0.3) is 11.3 Å². The summed E-state index contributed by atoms with van der Waals surface area (Å²) in [5.41, 5.74) is 1.33. The van der Waals surface area contributed by atoms with E-state index in [1.54, 1.807) is 24.3 Å². The number of benzene rings is 1. The molecule has 72 valence electrons. The fourth-order valence-corrected chi connectivity index (χ4v) is 1.46. The summed E-state index contributed by atoms with van der Waals surface area (Å²) >= 11 is 3.27. The fraction of sp³-hybridized carbons (Fsp3) is 0.100. The molecule has 1 N–H and O–H groups in total. The maximum atomic E-state index is 9.55. The number of hydrogen-bond acceptors (Lipinski definition) is 3. The Hall–Kier alpha value is -1.29. The lowest BCUT2D eigenvalue weighted by Gasteiger charge is -1.97. The summed E-state index contributed by atoms with van der Waals surface area (Å²) in [4.78, 5) is 0. The largest absolute Gasteiger partial charge is 0.507 e. The number of halogens is 1. The van der Waals surface area contributed by atoms with E-state index in [0.29, 0.717) is 16.6 Å². The number of phenolic OH excluding ortho intramolecular Hbond substituents is 1. The number of nitrogens with zero attached hydrogens (tertiary/aromatic N) is 1. The molecule has 2 aromatic rings. The molecule has 0 amide bonds. The van der Waals surface area contributed by atoms with Crippen LogP contribution in [-0.2, 0) is 5.33 Å². The van der Waals surface area contributed by atoms with E-state index in [0.717, 1.165) is 5.76 Å². The Kier molecular flexibility index (Phi) is 2.54. The predicted molar refractivity (Wildman–Crippen MR) is 56.2 cm³/mol. The van der Waals surface area contributed by atoms with Crippen LogP contribution in [0.5, 0.6) is 5.75 Å². The number of hydrogen-bond donors (Lipinski definition) is 1. The summed E-state index contributed by atoms with van der Waals surface area (Å²) in [6.45, 7) is 0. The van der Waals surface area contributed by atoms with Crippen molar-refractivity contribution >= 4 is 15.9 Å². The zero-order chi connectivity index (χ0) is 9.97. The van der Waals surface area contributed by atoms with E-state index in [1.807, 2.05) is 6.07 Å². The highest BCUT2D eigenvalue weighted by Crippen LogP contribution is 2.28. The van der Waals surface area contributed by atoms with Gasteiger partial charge in [0.05, 0.1) is 5.33 Å². The molecule has 0 radical (unpaired) electrons. The van der Waals surface area contributed by atoms with Crippen LogP contribution >= 0.6 is 15.9 Å². The lowest BCUT2D eigenvalue weighted by Crippen LogP contribution is -1.76. The molecule has 0 unspecified atom stereocenters. The van der Waals surface area contributed by atoms with Crippen molar-refractivity contribution in [2.75, 3.05) is 0 Å². The highest BCUT2D eigenvalue weighted by Gasteiger charge is 2.08. The summed E-state index contributed by atoms with van der Waals surface area (Å²) in [5.74, 6) is 0.949. The molecule has 0 saturated carbocycles. The first kappa shape index (κ1) is 9.27. The van der Waals surface area contributed by atoms with E-state index in [-0.39, 0.29) is 5.75 Å². The molecule has 1 heterocycles. The lowest BCUT2D eigenvalue weighted by atomic mass is 10.1. The Morgan fingerprint density at radius 3 is 2.79 bits per heavy atom. The van der Waals surface area contributed by atoms with Gasteiger partial charge in [-0.1, -0.05) is 33.2 Å². The first-order valence-electron chi connectivity index (χ1n) is 4.11. The molecule has 3 nitrogen and oxygen atoms in total. The standard InChI is InChI=1S/C10H8BrNO2/c11-6-7-5-9(12-14-7)8-3-1-2-4-10(8)13/h1-5,13H,6H2. The molecule has 1 aromatic carbocycles. The van der Waals surface area contributed by atoms with Crippen molar-refractivity contribution in [1.82, 2.24) is 5.16 Å². The number of alkyl halides is 1. The van der Waals surface area contributed by atoms with Crippen molar-refractivity contribution < 1.29 is 9.63 Å². The van der Waals surface area contributed by atoms with Crippen LogP contribution in [0.4, 0.5) is 0 Å². The van der Waals surface area contributed by atoms with E-state index in [4.69, 9.17) is 4.52 Å². The van der Waals surface area contributed by atoms with Crippen molar-refractivity contribution in [3.8, 4) is 17.0 Å². The third-order valence-corrected chi connectivity index (χ3v) is 2.42. The van der Waals surface area contributed by atoms with Gasteiger partial charge in [0.25, 0.3) is 0 Å². The molecule has 14 heavy (non-hydrogen) atoms. The van der Waals surface area contributed by atoms with E-state index in [1.165, 1.54) is 0 Å². The zero-order valence-corrected chi connectivity index (χ0v) is 8.86. The van der Waals surface area contributed by atoms with Crippen LogP contribution in [-0.4, -0.2) is 10.3 Å². The highest BCUT2D eigenvalue weighted by atomic mass is 79.9. The van der Waals surface area contributed by atoms with Gasteiger partial charge in [-0.25, -0.2) is 0 Å². The van der Waals surface area contributed by atoms with Crippen LogP contribution in [0.2, 0.25) is 0 Å². The SMILES string of the molecule is Oc1ccccc1-c1cc(CBr)on1. The van der Waals surface area contributed by atoms with Crippen LogP contribution in [0, 0.1) is 0 Å². The Bertz CT molecular complexity index is 439. The van der Waals surface area contributed by atoms with Crippen molar-refractivity contribution in [3.05, 3.63) is 36.1 Å². The zero-order valence-electron chi connectivity index (χ0n) is 7.27. The average molecular weight is 254 g/mol. The predicted octanol–water partition coefficient (Wildman–Crippen LogP) is 2.94. The van der Waals surface area contributed by atoms with Gasteiger partial charge in [-0.05, 0) is 12.1 Å². The molecular formula is C10H8BrNO2. The highest BCUT2D eigenvalue weighted by molar-refractivity contribution is 9.08. The van der Waals surface area contributed by atoms with Crippen molar-refractivity contribution in [2.24, 2.45) is 0 Å². The second-order valence-corrected chi connectivity index (χ2v) is 3.39.